The second-order valence-electron chi connectivity index (χ2n) is 2.66. The molecule has 0 aliphatic carbocycles. The molecule has 0 bridgehead atoms. The average molecular weight is 213 g/mol. The van der Waals surface area contributed by atoms with E-state index in [0.717, 1.165) is 5.69 Å². The molecule has 0 amide bonds. The van der Waals surface area contributed by atoms with Gasteiger partial charge in [0.2, 0.25) is 0 Å². The number of carboxylic acids is 1. The third-order valence-electron chi connectivity index (χ3n) is 1.48. The lowest BCUT2D eigenvalue weighted by Gasteiger charge is -2.04. The Labute approximate surface area is 85.7 Å². The molecule has 0 saturated carbocycles. The normalized spacial score (nSPS) is 12.4. The highest BCUT2D eigenvalue weighted by Gasteiger charge is 2.10. The van der Waals surface area contributed by atoms with Crippen LogP contribution in [-0.4, -0.2) is 32.8 Å². The summed E-state index contributed by atoms with van der Waals surface area (Å²) in [5.74, 6) is 0.0393. The summed E-state index contributed by atoms with van der Waals surface area (Å²) >= 11 is 1.43. The smallest absolute Gasteiger partial charge is 0.321 e. The minimum absolute atomic E-state index is 0.381. The van der Waals surface area contributed by atoms with Crippen molar-refractivity contribution in [2.45, 2.75) is 11.8 Å². The number of hydrogen-bond donors (Lipinski definition) is 2. The van der Waals surface area contributed by atoms with Crippen LogP contribution < -0.4 is 5.73 Å². The van der Waals surface area contributed by atoms with E-state index < -0.39 is 12.0 Å². The Hall–Kier alpha value is -1.14. The molecule has 0 radical (unpaired) electrons. The van der Waals surface area contributed by atoms with Crippen LogP contribution in [0.15, 0.2) is 18.6 Å². The van der Waals surface area contributed by atoms with Crippen LogP contribution in [0.5, 0.6) is 0 Å². The molecule has 0 aromatic carbocycles. The zero-order chi connectivity index (χ0) is 10.4. The molecule has 3 N–H and O–H groups in total. The van der Waals surface area contributed by atoms with Crippen LogP contribution in [-0.2, 0) is 10.5 Å². The highest BCUT2D eigenvalue weighted by Crippen LogP contribution is 2.09. The molecule has 1 unspecified atom stereocenters. The molecule has 0 aliphatic heterocycles. The van der Waals surface area contributed by atoms with E-state index in [-0.39, 0.29) is 0 Å². The molecule has 1 rings (SSSR count). The minimum atomic E-state index is -0.975. The number of nitrogens with two attached hydrogens (primary N) is 1. The van der Waals surface area contributed by atoms with Gasteiger partial charge >= 0.3 is 5.97 Å². The first kappa shape index (κ1) is 10.9. The van der Waals surface area contributed by atoms with Gasteiger partial charge in [0.15, 0.2) is 0 Å². The highest BCUT2D eigenvalue weighted by atomic mass is 32.2. The van der Waals surface area contributed by atoms with Crippen molar-refractivity contribution in [2.24, 2.45) is 5.73 Å². The number of nitrogens with zero attached hydrogens (tertiary/aromatic N) is 2. The van der Waals surface area contributed by atoms with Crippen LogP contribution in [0.4, 0.5) is 0 Å². The molecule has 1 aromatic rings. The van der Waals surface area contributed by atoms with Gasteiger partial charge in [-0.25, -0.2) is 0 Å². The maximum absolute atomic E-state index is 10.4. The van der Waals surface area contributed by atoms with Crippen molar-refractivity contribution in [3.05, 3.63) is 24.3 Å². The standard InChI is InChI=1S/C8H11N3O2S/c9-7(8(12)13)5-14-4-6-3-10-1-2-11-6/h1-3,7H,4-5,9H2,(H,12,13). The fraction of sp³-hybridized carbons (Fsp3) is 0.375. The molecule has 6 heteroatoms. The van der Waals surface area contributed by atoms with Gasteiger partial charge in [0.05, 0.1) is 5.69 Å². The summed E-state index contributed by atoms with van der Waals surface area (Å²) in [5.41, 5.74) is 6.15. The van der Waals surface area contributed by atoms with Crippen molar-refractivity contribution in [1.29, 1.82) is 0 Å². The Balaban J connectivity index is 2.26. The molecular formula is C8H11N3O2S. The summed E-state index contributed by atoms with van der Waals surface area (Å²) in [4.78, 5) is 18.3. The van der Waals surface area contributed by atoms with Gasteiger partial charge in [0.1, 0.15) is 6.04 Å². The maximum atomic E-state index is 10.4. The van der Waals surface area contributed by atoms with Crippen LogP contribution in [0.25, 0.3) is 0 Å². The van der Waals surface area contributed by atoms with E-state index in [0.29, 0.717) is 11.5 Å². The topological polar surface area (TPSA) is 89.1 Å². The molecule has 76 valence electrons. The Bertz CT molecular complexity index is 294. The third-order valence-corrected chi connectivity index (χ3v) is 2.58. The SMILES string of the molecule is NC(CSCc1cnccn1)C(=O)O. The largest absolute Gasteiger partial charge is 0.480 e. The van der Waals surface area contributed by atoms with Crippen LogP contribution in [0.1, 0.15) is 5.69 Å². The monoisotopic (exact) mass is 213 g/mol. The summed E-state index contributed by atoms with van der Waals surface area (Å²) < 4.78 is 0. The predicted molar refractivity (Wildman–Crippen MR) is 53.8 cm³/mol. The van der Waals surface area contributed by atoms with Crippen LogP contribution in [0, 0.1) is 0 Å². The van der Waals surface area contributed by atoms with Gasteiger partial charge in [-0.1, -0.05) is 0 Å². The number of thioether (sulfide) groups is 1. The Morgan fingerprint density at radius 3 is 3.00 bits per heavy atom. The van der Waals surface area contributed by atoms with Crippen molar-refractivity contribution in [1.82, 2.24) is 9.97 Å². The van der Waals surface area contributed by atoms with E-state index in [1.807, 2.05) is 0 Å². The first-order valence-electron chi connectivity index (χ1n) is 4.01. The quantitative estimate of drug-likeness (QED) is 0.722. The summed E-state index contributed by atoms with van der Waals surface area (Å²) in [5, 5.41) is 8.51. The first-order chi connectivity index (χ1) is 6.70. The summed E-state index contributed by atoms with van der Waals surface area (Å²) in [6.45, 7) is 0. The fourth-order valence-corrected chi connectivity index (χ4v) is 1.64. The molecule has 14 heavy (non-hydrogen) atoms. The lowest BCUT2D eigenvalue weighted by atomic mass is 10.4. The molecule has 0 fully saturated rings. The minimum Gasteiger partial charge on any atom is -0.480 e. The molecule has 0 spiro atoms. The Morgan fingerprint density at radius 1 is 1.64 bits per heavy atom. The highest BCUT2D eigenvalue weighted by molar-refractivity contribution is 7.98. The lowest BCUT2D eigenvalue weighted by Crippen LogP contribution is -2.32. The predicted octanol–water partition coefficient (Wildman–Crippen LogP) is 0.122. The molecule has 1 atom stereocenters. The molecule has 5 nitrogen and oxygen atoms in total. The maximum Gasteiger partial charge on any atom is 0.321 e. The number of aromatic nitrogens is 2. The van der Waals surface area contributed by atoms with Crippen LogP contribution in [0.2, 0.25) is 0 Å². The van der Waals surface area contributed by atoms with E-state index in [2.05, 4.69) is 9.97 Å². The van der Waals surface area contributed by atoms with Crippen LogP contribution in [0.3, 0.4) is 0 Å². The van der Waals surface area contributed by atoms with Crippen molar-refractivity contribution < 1.29 is 9.90 Å². The number of carbonyl (C=O) groups is 1. The van der Waals surface area contributed by atoms with E-state index >= 15 is 0 Å². The summed E-state index contributed by atoms with van der Waals surface area (Å²) in [6.07, 6.45) is 4.85. The molecule has 0 saturated heterocycles. The Kier molecular flexibility index (Phi) is 4.34. The average Bonchev–Trinajstić information content (AvgIpc) is 2.19. The van der Waals surface area contributed by atoms with E-state index in [1.54, 1.807) is 18.6 Å². The van der Waals surface area contributed by atoms with Gasteiger partial charge in [-0.15, -0.1) is 0 Å². The number of aliphatic carboxylic acids is 1. The summed E-state index contributed by atoms with van der Waals surface area (Å²) in [7, 11) is 0. The van der Waals surface area contributed by atoms with Crippen molar-refractivity contribution in [2.75, 3.05) is 5.75 Å². The second-order valence-corrected chi connectivity index (χ2v) is 3.69. The second kappa shape index (κ2) is 5.56. The van der Waals surface area contributed by atoms with Gasteiger partial charge in [0.25, 0.3) is 0 Å². The molecule has 1 heterocycles. The van der Waals surface area contributed by atoms with Gasteiger partial charge < -0.3 is 10.8 Å². The third kappa shape index (κ3) is 3.71. The zero-order valence-electron chi connectivity index (χ0n) is 7.46. The van der Waals surface area contributed by atoms with Crippen LogP contribution >= 0.6 is 11.8 Å². The van der Waals surface area contributed by atoms with Gasteiger partial charge in [-0.05, 0) is 0 Å². The number of carboxylic acid groups (broad SMARTS) is 1. The fourth-order valence-electron chi connectivity index (χ4n) is 0.766. The van der Waals surface area contributed by atoms with Gasteiger partial charge in [-0.2, -0.15) is 11.8 Å². The Morgan fingerprint density at radius 2 is 2.43 bits per heavy atom. The summed E-state index contributed by atoms with van der Waals surface area (Å²) in [6, 6.07) is -0.809. The van der Waals surface area contributed by atoms with Crippen molar-refractivity contribution in [3.8, 4) is 0 Å². The van der Waals surface area contributed by atoms with E-state index in [1.165, 1.54) is 11.8 Å². The van der Waals surface area contributed by atoms with E-state index in [4.69, 9.17) is 10.8 Å². The van der Waals surface area contributed by atoms with E-state index in [9.17, 15) is 4.79 Å². The number of rotatable bonds is 5. The molecule has 0 aliphatic rings. The van der Waals surface area contributed by atoms with Gasteiger partial charge in [0, 0.05) is 30.1 Å². The van der Waals surface area contributed by atoms with Gasteiger partial charge in [-0.3, -0.25) is 14.8 Å². The van der Waals surface area contributed by atoms with Crippen molar-refractivity contribution in [3.63, 3.8) is 0 Å². The first-order valence-corrected chi connectivity index (χ1v) is 5.16. The number of hydrogen-bond acceptors (Lipinski definition) is 5. The molecular weight excluding hydrogens is 202 g/mol. The zero-order valence-corrected chi connectivity index (χ0v) is 8.28. The lowest BCUT2D eigenvalue weighted by molar-refractivity contribution is -0.137. The molecule has 1 aromatic heterocycles. The van der Waals surface area contributed by atoms with Crippen molar-refractivity contribution >= 4 is 17.7 Å².